The number of benzene rings is 2. The maximum Gasteiger partial charge on any atom is 0.227 e. The van der Waals surface area contributed by atoms with Crippen molar-refractivity contribution in [2.45, 2.75) is 59.1 Å². The number of hydrogen-bond donors (Lipinski definition) is 0. The van der Waals surface area contributed by atoms with Gasteiger partial charge in [0.05, 0.1) is 29.6 Å². The molecule has 2 heterocycles. The van der Waals surface area contributed by atoms with Gasteiger partial charge in [-0.3, -0.25) is 4.79 Å². The summed E-state index contributed by atoms with van der Waals surface area (Å²) < 4.78 is 27.6. The molecule has 1 aliphatic rings. The molecule has 0 bridgehead atoms. The molecule has 0 spiro atoms. The Bertz CT molecular complexity index is 1120. The quantitative estimate of drug-likeness (QED) is 0.413. The second-order valence-electron chi connectivity index (χ2n) is 8.65. The second kappa shape index (κ2) is 10.8. The Morgan fingerprint density at radius 1 is 1.24 bits per heavy atom. The molecule has 1 aromatic heterocycles. The summed E-state index contributed by atoms with van der Waals surface area (Å²) in [7, 11) is 0. The van der Waals surface area contributed by atoms with Crippen LogP contribution in [0.5, 0.6) is 11.6 Å². The Morgan fingerprint density at radius 3 is 2.68 bits per heavy atom. The molecule has 1 atom stereocenters. The minimum absolute atomic E-state index is 0.0499. The number of halogens is 1. The Kier molecular flexibility index (Phi) is 7.63. The molecule has 1 amide bonds. The van der Waals surface area contributed by atoms with Gasteiger partial charge in [0.15, 0.2) is 0 Å². The average molecular weight is 466 g/mol. The molecule has 1 aliphatic heterocycles. The van der Waals surface area contributed by atoms with Crippen LogP contribution in [0.3, 0.4) is 0 Å². The van der Waals surface area contributed by atoms with Crippen LogP contribution in [-0.4, -0.2) is 39.8 Å². The second-order valence-corrected chi connectivity index (χ2v) is 8.65. The van der Waals surface area contributed by atoms with Crippen molar-refractivity contribution in [3.63, 3.8) is 0 Å². The summed E-state index contributed by atoms with van der Waals surface area (Å²) in [6, 6.07) is 14.0. The van der Waals surface area contributed by atoms with Crippen LogP contribution >= 0.6 is 0 Å². The Morgan fingerprint density at radius 2 is 2.03 bits per heavy atom. The normalized spacial score (nSPS) is 15.5. The lowest BCUT2D eigenvalue weighted by atomic mass is 10.1. The van der Waals surface area contributed by atoms with Crippen molar-refractivity contribution < 1.29 is 18.7 Å². The lowest BCUT2D eigenvalue weighted by molar-refractivity contribution is -0.133. The molecule has 4 rings (SSSR count). The maximum absolute atomic E-state index is 13.6. The minimum atomic E-state index is -0.315. The number of amides is 1. The molecule has 6 nitrogen and oxygen atoms in total. The van der Waals surface area contributed by atoms with E-state index < -0.39 is 0 Å². The van der Waals surface area contributed by atoms with Crippen molar-refractivity contribution in [2.24, 2.45) is 0 Å². The molecule has 34 heavy (non-hydrogen) atoms. The van der Waals surface area contributed by atoms with E-state index in [1.165, 1.54) is 12.1 Å². The molecule has 1 saturated heterocycles. The highest BCUT2D eigenvalue weighted by molar-refractivity contribution is 5.76. The van der Waals surface area contributed by atoms with Gasteiger partial charge in [-0.25, -0.2) is 9.07 Å². The van der Waals surface area contributed by atoms with E-state index in [0.717, 1.165) is 36.3 Å². The molecule has 1 fully saturated rings. The molecular formula is C27H32FN3O3. The lowest BCUT2D eigenvalue weighted by Crippen LogP contribution is -2.36. The third-order valence-corrected chi connectivity index (χ3v) is 6.08. The van der Waals surface area contributed by atoms with Gasteiger partial charge in [-0.05, 0) is 68.1 Å². The number of hydrogen-bond acceptors (Lipinski definition) is 4. The standard InChI is InChI=1S/C27H32FN3O3/c1-4-25-24(18-30(26(32)5-2)17-23-10-7-15-33-23)27(34-22-9-6-8-19(3)16-22)31(29-25)21-13-11-20(28)12-14-21/h6,8-9,11-14,16,23H,4-5,7,10,15,17-18H2,1-3H3. The summed E-state index contributed by atoms with van der Waals surface area (Å²) in [6.45, 7) is 7.56. The fourth-order valence-electron chi connectivity index (χ4n) is 4.28. The molecule has 0 radical (unpaired) electrons. The number of ether oxygens (including phenoxy) is 2. The van der Waals surface area contributed by atoms with Crippen LogP contribution in [0.25, 0.3) is 5.69 Å². The Hall–Kier alpha value is -3.19. The summed E-state index contributed by atoms with van der Waals surface area (Å²) in [4.78, 5) is 14.7. The van der Waals surface area contributed by atoms with Crippen LogP contribution in [0.4, 0.5) is 4.39 Å². The first-order valence-corrected chi connectivity index (χ1v) is 12.0. The first-order valence-electron chi connectivity index (χ1n) is 12.0. The maximum atomic E-state index is 13.6. The van der Waals surface area contributed by atoms with Gasteiger partial charge in [-0.15, -0.1) is 0 Å². The molecule has 3 aromatic rings. The highest BCUT2D eigenvalue weighted by Crippen LogP contribution is 2.33. The number of rotatable bonds is 9. The molecule has 0 aliphatic carbocycles. The van der Waals surface area contributed by atoms with Crippen molar-refractivity contribution >= 4 is 5.91 Å². The topological polar surface area (TPSA) is 56.6 Å². The van der Waals surface area contributed by atoms with Gasteiger partial charge in [0.2, 0.25) is 11.8 Å². The van der Waals surface area contributed by atoms with Gasteiger partial charge in [0.1, 0.15) is 11.6 Å². The fourth-order valence-corrected chi connectivity index (χ4v) is 4.28. The zero-order chi connectivity index (χ0) is 24.1. The predicted octanol–water partition coefficient (Wildman–Crippen LogP) is 5.59. The third kappa shape index (κ3) is 5.47. The third-order valence-electron chi connectivity index (χ3n) is 6.08. The van der Waals surface area contributed by atoms with E-state index in [1.807, 2.05) is 49.9 Å². The smallest absolute Gasteiger partial charge is 0.227 e. The van der Waals surface area contributed by atoms with Crippen LogP contribution in [0.2, 0.25) is 0 Å². The summed E-state index contributed by atoms with van der Waals surface area (Å²) in [5.41, 5.74) is 3.46. The number of aromatic nitrogens is 2. The van der Waals surface area contributed by atoms with Gasteiger partial charge in [0, 0.05) is 19.6 Å². The Balaban J connectivity index is 1.77. The van der Waals surface area contributed by atoms with Gasteiger partial charge in [-0.2, -0.15) is 5.10 Å². The van der Waals surface area contributed by atoms with Crippen molar-refractivity contribution in [3.8, 4) is 17.3 Å². The molecule has 1 unspecified atom stereocenters. The summed E-state index contributed by atoms with van der Waals surface area (Å²) >= 11 is 0. The summed E-state index contributed by atoms with van der Waals surface area (Å²) in [5.74, 6) is 0.966. The zero-order valence-corrected chi connectivity index (χ0v) is 20.1. The van der Waals surface area contributed by atoms with Crippen LogP contribution in [0, 0.1) is 12.7 Å². The SMILES string of the molecule is CCC(=O)N(Cc1c(CC)nn(-c2ccc(F)cc2)c1Oc1cccc(C)c1)CC1CCCO1. The first kappa shape index (κ1) is 24.0. The number of carbonyl (C=O) groups excluding carboxylic acids is 1. The summed E-state index contributed by atoms with van der Waals surface area (Å²) in [5, 5.41) is 4.82. The van der Waals surface area contributed by atoms with Crippen LogP contribution < -0.4 is 4.74 Å². The fraction of sp³-hybridized carbons (Fsp3) is 0.407. The molecule has 0 N–H and O–H groups in total. The number of carbonyl (C=O) groups is 1. The summed E-state index contributed by atoms with van der Waals surface area (Å²) in [6.07, 6.45) is 3.10. The van der Waals surface area contributed by atoms with E-state index in [1.54, 1.807) is 16.8 Å². The van der Waals surface area contributed by atoms with Gasteiger partial charge < -0.3 is 14.4 Å². The molecular weight excluding hydrogens is 433 g/mol. The largest absolute Gasteiger partial charge is 0.439 e. The molecule has 0 saturated carbocycles. The van der Waals surface area contributed by atoms with Crippen molar-refractivity contribution in [1.29, 1.82) is 0 Å². The number of nitrogens with zero attached hydrogens (tertiary/aromatic N) is 3. The predicted molar refractivity (Wildman–Crippen MR) is 129 cm³/mol. The highest BCUT2D eigenvalue weighted by atomic mass is 19.1. The molecule has 2 aromatic carbocycles. The van der Waals surface area contributed by atoms with E-state index in [-0.39, 0.29) is 17.8 Å². The van der Waals surface area contributed by atoms with Crippen molar-refractivity contribution in [1.82, 2.24) is 14.7 Å². The molecule has 180 valence electrons. The van der Waals surface area contributed by atoms with Crippen molar-refractivity contribution in [3.05, 3.63) is 71.2 Å². The zero-order valence-electron chi connectivity index (χ0n) is 20.1. The minimum Gasteiger partial charge on any atom is -0.439 e. The van der Waals surface area contributed by atoms with Gasteiger partial charge in [0.25, 0.3) is 0 Å². The van der Waals surface area contributed by atoms with E-state index in [9.17, 15) is 9.18 Å². The van der Waals surface area contributed by atoms with E-state index in [4.69, 9.17) is 14.6 Å². The van der Waals surface area contributed by atoms with E-state index >= 15 is 0 Å². The van der Waals surface area contributed by atoms with Crippen LogP contribution in [0.1, 0.15) is 49.9 Å². The van der Waals surface area contributed by atoms with Crippen LogP contribution in [0.15, 0.2) is 48.5 Å². The number of aryl methyl sites for hydroxylation is 2. The van der Waals surface area contributed by atoms with Gasteiger partial charge >= 0.3 is 0 Å². The lowest BCUT2D eigenvalue weighted by Gasteiger charge is -2.25. The van der Waals surface area contributed by atoms with Crippen molar-refractivity contribution in [2.75, 3.05) is 13.2 Å². The van der Waals surface area contributed by atoms with Crippen LogP contribution in [-0.2, 0) is 22.5 Å². The van der Waals surface area contributed by atoms with E-state index in [0.29, 0.717) is 43.2 Å². The molecule has 7 heteroatoms. The Labute approximate surface area is 200 Å². The highest BCUT2D eigenvalue weighted by Gasteiger charge is 2.27. The monoisotopic (exact) mass is 465 g/mol. The average Bonchev–Trinajstić information content (AvgIpc) is 3.47. The van der Waals surface area contributed by atoms with E-state index in [2.05, 4.69) is 0 Å². The van der Waals surface area contributed by atoms with Gasteiger partial charge in [-0.1, -0.05) is 26.0 Å². The first-order chi connectivity index (χ1) is 16.5.